The second-order valence-electron chi connectivity index (χ2n) is 6.33. The van der Waals surface area contributed by atoms with Gasteiger partial charge in [-0.2, -0.15) is 0 Å². The van der Waals surface area contributed by atoms with Crippen molar-refractivity contribution < 1.29 is 0 Å². The molecule has 0 spiro atoms. The summed E-state index contributed by atoms with van der Waals surface area (Å²) in [5, 5.41) is 0. The third-order valence-corrected chi connectivity index (χ3v) is 4.94. The van der Waals surface area contributed by atoms with E-state index in [1.165, 1.54) is 76.6 Å². The van der Waals surface area contributed by atoms with Gasteiger partial charge in [-0.25, -0.2) is 0 Å². The average Bonchev–Trinajstić information content (AvgIpc) is 2.77. The normalized spacial score (nSPS) is 22.2. The Morgan fingerprint density at radius 2 is 1.26 bits per heavy atom. The Morgan fingerprint density at radius 1 is 0.684 bits per heavy atom. The van der Waals surface area contributed by atoms with Gasteiger partial charge in [0, 0.05) is 18.8 Å². The summed E-state index contributed by atoms with van der Waals surface area (Å²) in [6.07, 6.45) is 12.7. The van der Waals surface area contributed by atoms with Crippen LogP contribution in [0.1, 0.15) is 69.3 Å². The lowest BCUT2D eigenvalue weighted by molar-refractivity contribution is 0.576. The summed E-state index contributed by atoms with van der Waals surface area (Å²) in [4.78, 5) is 2.56. The van der Waals surface area contributed by atoms with Crippen LogP contribution in [0.25, 0.3) is 0 Å². The van der Waals surface area contributed by atoms with Crippen LogP contribution >= 0.6 is 0 Å². The quantitative estimate of drug-likeness (QED) is 0.665. The summed E-state index contributed by atoms with van der Waals surface area (Å²) < 4.78 is 0. The number of piperidine rings is 1. The van der Waals surface area contributed by atoms with E-state index in [0.717, 1.165) is 5.92 Å². The van der Waals surface area contributed by atoms with Crippen molar-refractivity contribution in [3.05, 3.63) is 29.8 Å². The molecule has 1 nitrogen and oxygen atoms in total. The van der Waals surface area contributed by atoms with E-state index >= 15 is 0 Å². The zero-order valence-electron chi connectivity index (χ0n) is 12.1. The molecule has 1 saturated carbocycles. The molecule has 1 aliphatic carbocycles. The lowest BCUT2D eigenvalue weighted by Gasteiger charge is -2.29. The first-order valence-electron chi connectivity index (χ1n) is 8.28. The van der Waals surface area contributed by atoms with Crippen LogP contribution in [-0.2, 0) is 0 Å². The van der Waals surface area contributed by atoms with Crippen molar-refractivity contribution in [2.75, 3.05) is 18.0 Å². The minimum Gasteiger partial charge on any atom is -0.372 e. The zero-order chi connectivity index (χ0) is 12.9. The fourth-order valence-corrected chi connectivity index (χ4v) is 3.72. The van der Waals surface area contributed by atoms with Crippen LogP contribution < -0.4 is 4.90 Å². The van der Waals surface area contributed by atoms with Crippen molar-refractivity contribution in [2.45, 2.75) is 63.7 Å². The van der Waals surface area contributed by atoms with Crippen molar-refractivity contribution in [3.8, 4) is 0 Å². The lowest BCUT2D eigenvalue weighted by Crippen LogP contribution is -2.29. The number of nitrogens with zero attached hydrogens (tertiary/aromatic N) is 1. The van der Waals surface area contributed by atoms with Gasteiger partial charge in [0.1, 0.15) is 0 Å². The molecular weight excluding hydrogens is 230 g/mol. The molecule has 0 aromatic heterocycles. The van der Waals surface area contributed by atoms with E-state index in [1.807, 2.05) is 0 Å². The van der Waals surface area contributed by atoms with Crippen molar-refractivity contribution >= 4 is 5.69 Å². The Bertz CT molecular complexity index is 367. The Labute approximate surface area is 118 Å². The minimum atomic E-state index is 0.831. The average molecular weight is 257 g/mol. The Morgan fingerprint density at radius 3 is 1.89 bits per heavy atom. The summed E-state index contributed by atoms with van der Waals surface area (Å²) in [5.74, 6) is 0.831. The topological polar surface area (TPSA) is 3.24 Å². The van der Waals surface area contributed by atoms with Crippen molar-refractivity contribution in [3.63, 3.8) is 0 Å². The fourth-order valence-electron chi connectivity index (χ4n) is 3.72. The smallest absolute Gasteiger partial charge is 0.0366 e. The number of hydrogen-bond acceptors (Lipinski definition) is 1. The molecule has 0 atom stereocenters. The first-order valence-corrected chi connectivity index (χ1v) is 8.28. The maximum absolute atomic E-state index is 2.56. The monoisotopic (exact) mass is 257 g/mol. The first-order chi connectivity index (χ1) is 9.43. The number of hydrogen-bond donors (Lipinski definition) is 0. The molecule has 1 saturated heterocycles. The molecule has 2 aliphatic rings. The van der Waals surface area contributed by atoms with Crippen LogP contribution in [0.4, 0.5) is 5.69 Å². The largest absolute Gasteiger partial charge is 0.372 e. The summed E-state index contributed by atoms with van der Waals surface area (Å²) >= 11 is 0. The molecule has 2 fully saturated rings. The van der Waals surface area contributed by atoms with Crippen molar-refractivity contribution in [1.29, 1.82) is 0 Å². The standard InChI is InChI=1S/C18H27N/c1-2-5-9-16(8-4-1)17-10-12-18(13-11-17)19-14-6-3-7-15-19/h10-13,16H,1-9,14-15H2. The second-order valence-corrected chi connectivity index (χ2v) is 6.33. The van der Waals surface area contributed by atoms with E-state index < -0.39 is 0 Å². The van der Waals surface area contributed by atoms with Gasteiger partial charge in [0.2, 0.25) is 0 Å². The van der Waals surface area contributed by atoms with Gasteiger partial charge in [0.25, 0.3) is 0 Å². The van der Waals surface area contributed by atoms with Crippen LogP contribution in [0.5, 0.6) is 0 Å². The zero-order valence-corrected chi connectivity index (χ0v) is 12.1. The highest BCUT2D eigenvalue weighted by Crippen LogP contribution is 2.32. The van der Waals surface area contributed by atoms with Crippen LogP contribution in [0, 0.1) is 0 Å². The molecule has 104 valence electrons. The second kappa shape index (κ2) is 6.45. The molecule has 1 heteroatoms. The molecule has 0 N–H and O–H groups in total. The first kappa shape index (κ1) is 13.0. The Balaban J connectivity index is 1.67. The Hall–Kier alpha value is -0.980. The van der Waals surface area contributed by atoms with E-state index in [-0.39, 0.29) is 0 Å². The van der Waals surface area contributed by atoms with E-state index in [2.05, 4.69) is 29.2 Å². The molecule has 3 rings (SSSR count). The van der Waals surface area contributed by atoms with Crippen molar-refractivity contribution in [1.82, 2.24) is 0 Å². The molecule has 0 unspecified atom stereocenters. The predicted octanol–water partition coefficient (Wildman–Crippen LogP) is 5.11. The number of rotatable bonds is 2. The maximum atomic E-state index is 2.56. The molecule has 0 radical (unpaired) electrons. The molecule has 19 heavy (non-hydrogen) atoms. The highest BCUT2D eigenvalue weighted by Gasteiger charge is 2.15. The van der Waals surface area contributed by atoms with Crippen LogP contribution in [0.2, 0.25) is 0 Å². The molecule has 0 bridgehead atoms. The van der Waals surface area contributed by atoms with Gasteiger partial charge in [-0.3, -0.25) is 0 Å². The molecule has 1 aliphatic heterocycles. The van der Waals surface area contributed by atoms with E-state index in [4.69, 9.17) is 0 Å². The van der Waals surface area contributed by atoms with Crippen LogP contribution in [-0.4, -0.2) is 13.1 Å². The third-order valence-electron chi connectivity index (χ3n) is 4.94. The van der Waals surface area contributed by atoms with Gasteiger partial charge in [-0.15, -0.1) is 0 Å². The summed E-state index contributed by atoms with van der Waals surface area (Å²) in [6.45, 7) is 2.51. The lowest BCUT2D eigenvalue weighted by atomic mass is 9.91. The van der Waals surface area contributed by atoms with E-state index in [1.54, 1.807) is 5.56 Å². The molecule has 0 amide bonds. The van der Waals surface area contributed by atoms with Gasteiger partial charge >= 0.3 is 0 Å². The van der Waals surface area contributed by atoms with Gasteiger partial charge in [-0.1, -0.05) is 37.8 Å². The summed E-state index contributed by atoms with van der Waals surface area (Å²) in [7, 11) is 0. The molecule has 1 aromatic rings. The molecular formula is C18H27N. The highest BCUT2D eigenvalue weighted by molar-refractivity contribution is 5.48. The van der Waals surface area contributed by atoms with Gasteiger partial charge in [0.15, 0.2) is 0 Å². The number of benzene rings is 1. The summed E-state index contributed by atoms with van der Waals surface area (Å²) in [5.41, 5.74) is 3.03. The third kappa shape index (κ3) is 3.32. The number of anilines is 1. The van der Waals surface area contributed by atoms with Gasteiger partial charge < -0.3 is 4.90 Å². The Kier molecular flexibility index (Phi) is 4.42. The minimum absolute atomic E-state index is 0.831. The van der Waals surface area contributed by atoms with Crippen LogP contribution in [0.15, 0.2) is 24.3 Å². The summed E-state index contributed by atoms with van der Waals surface area (Å²) in [6, 6.07) is 9.54. The SMILES string of the molecule is c1cc(N2CCCCC2)ccc1C1CCCCCC1. The van der Waals surface area contributed by atoms with Crippen molar-refractivity contribution in [2.24, 2.45) is 0 Å². The fraction of sp³-hybridized carbons (Fsp3) is 0.667. The van der Waals surface area contributed by atoms with Gasteiger partial charge in [-0.05, 0) is 55.7 Å². The molecule has 1 heterocycles. The van der Waals surface area contributed by atoms with E-state index in [9.17, 15) is 0 Å². The predicted molar refractivity (Wildman–Crippen MR) is 82.9 cm³/mol. The highest BCUT2D eigenvalue weighted by atomic mass is 15.1. The maximum Gasteiger partial charge on any atom is 0.0366 e. The van der Waals surface area contributed by atoms with Gasteiger partial charge in [0.05, 0.1) is 0 Å². The van der Waals surface area contributed by atoms with Crippen LogP contribution in [0.3, 0.4) is 0 Å². The molecule has 1 aromatic carbocycles. The van der Waals surface area contributed by atoms with E-state index in [0.29, 0.717) is 0 Å².